The van der Waals surface area contributed by atoms with E-state index in [1.54, 1.807) is 18.2 Å². The van der Waals surface area contributed by atoms with Gasteiger partial charge in [-0.1, -0.05) is 30.3 Å². The fourth-order valence-electron chi connectivity index (χ4n) is 3.63. The summed E-state index contributed by atoms with van der Waals surface area (Å²) < 4.78 is 59.6. The minimum absolute atomic E-state index is 0.0314. The predicted octanol–water partition coefficient (Wildman–Crippen LogP) is 2.47. The van der Waals surface area contributed by atoms with Crippen molar-refractivity contribution in [2.24, 2.45) is 5.84 Å². The molecule has 0 bridgehead atoms. The summed E-state index contributed by atoms with van der Waals surface area (Å²) in [5.41, 5.74) is 0.128. The topological polar surface area (TPSA) is 151 Å². The Morgan fingerprint density at radius 1 is 1.08 bits per heavy atom. The highest BCUT2D eigenvalue weighted by Gasteiger charge is 2.45. The molecule has 15 heteroatoms. The second-order valence-electron chi connectivity index (χ2n) is 8.05. The van der Waals surface area contributed by atoms with E-state index in [1.807, 2.05) is 24.3 Å². The average molecular weight is 571 g/mol. The third-order valence-corrected chi connectivity index (χ3v) is 7.70. The van der Waals surface area contributed by atoms with Crippen molar-refractivity contribution in [1.82, 2.24) is 14.3 Å². The van der Waals surface area contributed by atoms with Gasteiger partial charge in [0.25, 0.3) is 11.8 Å². The van der Waals surface area contributed by atoms with Crippen molar-refractivity contribution >= 4 is 51.2 Å². The van der Waals surface area contributed by atoms with Crippen LogP contribution in [0.2, 0.25) is 0 Å². The summed E-state index contributed by atoms with van der Waals surface area (Å²) in [6, 6.07) is 14.1. The molecule has 1 fully saturated rings. The van der Waals surface area contributed by atoms with Crippen molar-refractivity contribution < 1.29 is 41.1 Å². The van der Waals surface area contributed by atoms with Crippen LogP contribution < -0.4 is 5.84 Å². The number of benzene rings is 2. The standard InChI is InChI=1S/C21H20N4O4S2.C2HF3O2/c22-25(20(26)16-6-3-9-23-12-16)21(27)19-11-17(30)13-24(19)31(28,29)18-8-7-14-4-1-2-5-15(14)10-18;3-2(4,5)1(6)7/h1-10,12,17,19,30H,11,13,22H2;(H,6,7)/t17-,19+;/m1./s1. The van der Waals surface area contributed by atoms with Crippen LogP contribution >= 0.6 is 12.6 Å². The first-order chi connectivity index (χ1) is 17.7. The van der Waals surface area contributed by atoms with Crippen LogP contribution in [0.25, 0.3) is 10.8 Å². The van der Waals surface area contributed by atoms with Crippen LogP contribution in [0.5, 0.6) is 0 Å². The van der Waals surface area contributed by atoms with Gasteiger partial charge in [-0.25, -0.2) is 24.1 Å². The summed E-state index contributed by atoms with van der Waals surface area (Å²) in [5.74, 6) is 1.47. The van der Waals surface area contributed by atoms with Crippen molar-refractivity contribution in [2.45, 2.75) is 28.8 Å². The maximum absolute atomic E-state index is 13.4. The van der Waals surface area contributed by atoms with Crippen LogP contribution in [-0.2, 0) is 19.6 Å². The van der Waals surface area contributed by atoms with E-state index in [2.05, 4.69) is 17.6 Å². The number of hydrogen-bond donors (Lipinski definition) is 3. The molecule has 10 nitrogen and oxygen atoms in total. The molecule has 1 saturated heterocycles. The summed E-state index contributed by atoms with van der Waals surface area (Å²) >= 11 is 4.39. The molecule has 0 saturated carbocycles. The number of rotatable bonds is 4. The van der Waals surface area contributed by atoms with E-state index >= 15 is 0 Å². The summed E-state index contributed by atoms with van der Waals surface area (Å²) in [5, 5.41) is 8.88. The van der Waals surface area contributed by atoms with E-state index in [0.717, 1.165) is 15.1 Å². The lowest BCUT2D eigenvalue weighted by Crippen LogP contribution is -2.52. The Labute approximate surface area is 220 Å². The van der Waals surface area contributed by atoms with Crippen LogP contribution in [0.15, 0.2) is 71.9 Å². The van der Waals surface area contributed by atoms with Crippen LogP contribution in [0.1, 0.15) is 16.8 Å². The van der Waals surface area contributed by atoms with Gasteiger partial charge in [0.2, 0.25) is 10.0 Å². The van der Waals surface area contributed by atoms with Gasteiger partial charge in [0.1, 0.15) is 6.04 Å². The molecule has 0 unspecified atom stereocenters. The molecular weight excluding hydrogens is 549 g/mol. The molecule has 3 N–H and O–H groups in total. The predicted molar refractivity (Wildman–Crippen MR) is 132 cm³/mol. The molecule has 1 aliphatic rings. The number of imide groups is 1. The summed E-state index contributed by atoms with van der Waals surface area (Å²) in [6.07, 6.45) is -2.17. The van der Waals surface area contributed by atoms with E-state index in [4.69, 9.17) is 15.7 Å². The molecule has 0 spiro atoms. The smallest absolute Gasteiger partial charge is 0.475 e. The van der Waals surface area contributed by atoms with E-state index in [0.29, 0.717) is 5.01 Å². The quantitative estimate of drug-likeness (QED) is 0.142. The number of alkyl halides is 3. The lowest BCUT2D eigenvalue weighted by atomic mass is 10.1. The van der Waals surface area contributed by atoms with Crippen LogP contribution in [0.4, 0.5) is 13.2 Å². The number of hydrazine groups is 1. The number of nitrogens with zero attached hydrogens (tertiary/aromatic N) is 3. The van der Waals surface area contributed by atoms with Gasteiger partial charge in [-0.15, -0.1) is 0 Å². The molecule has 3 aromatic rings. The molecule has 202 valence electrons. The highest BCUT2D eigenvalue weighted by molar-refractivity contribution is 7.89. The normalized spacial score (nSPS) is 17.9. The number of thiol groups is 1. The molecule has 4 rings (SSSR count). The van der Waals surface area contributed by atoms with Gasteiger partial charge < -0.3 is 5.11 Å². The van der Waals surface area contributed by atoms with Crippen LogP contribution in [0.3, 0.4) is 0 Å². The Bertz CT molecular complexity index is 1450. The number of aromatic nitrogens is 1. The number of hydrogen-bond acceptors (Lipinski definition) is 8. The van der Waals surface area contributed by atoms with Gasteiger partial charge in [0.05, 0.1) is 10.5 Å². The summed E-state index contributed by atoms with van der Waals surface area (Å²) in [7, 11) is -4.02. The summed E-state index contributed by atoms with van der Waals surface area (Å²) in [4.78, 5) is 38.4. The number of nitrogens with two attached hydrogens (primary N) is 1. The number of carboxylic acids is 1. The maximum Gasteiger partial charge on any atom is 0.490 e. The molecule has 38 heavy (non-hydrogen) atoms. The maximum atomic E-state index is 13.4. The van der Waals surface area contributed by atoms with Gasteiger partial charge in [0.15, 0.2) is 0 Å². The van der Waals surface area contributed by atoms with Crippen molar-refractivity contribution in [2.75, 3.05) is 6.54 Å². The Morgan fingerprint density at radius 2 is 1.71 bits per heavy atom. The monoisotopic (exact) mass is 570 g/mol. The number of pyridine rings is 1. The Morgan fingerprint density at radius 3 is 2.29 bits per heavy atom. The molecule has 1 aromatic heterocycles. The molecule has 2 aromatic carbocycles. The van der Waals surface area contributed by atoms with Gasteiger partial charge in [0, 0.05) is 24.2 Å². The fourth-order valence-corrected chi connectivity index (χ4v) is 5.79. The van der Waals surface area contributed by atoms with E-state index in [-0.39, 0.29) is 28.7 Å². The van der Waals surface area contributed by atoms with Crippen LogP contribution in [-0.4, -0.2) is 69.6 Å². The number of carboxylic acid groups (broad SMARTS) is 1. The first-order valence-corrected chi connectivity index (χ1v) is 12.7. The number of sulfonamides is 1. The van der Waals surface area contributed by atoms with E-state index < -0.39 is 40.0 Å². The zero-order chi connectivity index (χ0) is 28.3. The molecule has 1 aliphatic heterocycles. The van der Waals surface area contributed by atoms with Gasteiger partial charge in [-0.2, -0.15) is 30.1 Å². The minimum atomic E-state index is -5.08. The Balaban J connectivity index is 0.000000505. The first kappa shape index (κ1) is 29.0. The van der Waals surface area contributed by atoms with E-state index in [9.17, 15) is 31.2 Å². The fraction of sp³-hybridized carbons (Fsp3) is 0.217. The van der Waals surface area contributed by atoms with Crippen molar-refractivity contribution in [1.29, 1.82) is 0 Å². The number of halogens is 3. The number of carbonyl (C=O) groups excluding carboxylic acids is 2. The second-order valence-corrected chi connectivity index (χ2v) is 10.7. The van der Waals surface area contributed by atoms with Crippen LogP contribution in [0, 0.1) is 0 Å². The molecule has 2 heterocycles. The molecule has 0 radical (unpaired) electrons. The lowest BCUT2D eigenvalue weighted by molar-refractivity contribution is -0.192. The summed E-state index contributed by atoms with van der Waals surface area (Å²) in [6.45, 7) is 0.0314. The number of carbonyl (C=O) groups is 3. The number of aliphatic carboxylic acids is 1. The van der Waals surface area contributed by atoms with Gasteiger partial charge in [-0.05, 0) is 41.5 Å². The van der Waals surface area contributed by atoms with Crippen molar-refractivity contribution in [3.8, 4) is 0 Å². The molecule has 0 aliphatic carbocycles. The van der Waals surface area contributed by atoms with E-state index in [1.165, 1.54) is 24.5 Å². The lowest BCUT2D eigenvalue weighted by Gasteiger charge is -2.26. The third-order valence-electron chi connectivity index (χ3n) is 5.45. The number of fused-ring (bicyclic) bond motifs is 1. The van der Waals surface area contributed by atoms with Gasteiger partial charge >= 0.3 is 12.1 Å². The SMILES string of the molecule is NN(C(=O)c1cccnc1)C(=O)[C@@H]1C[C@@H](S)CN1S(=O)(=O)c1ccc2ccccc2c1.O=C(O)C(F)(F)F. The highest BCUT2D eigenvalue weighted by Crippen LogP contribution is 2.31. The third kappa shape index (κ3) is 6.48. The van der Waals surface area contributed by atoms with Gasteiger partial charge in [-0.3, -0.25) is 14.6 Å². The molecule has 2 atom stereocenters. The van der Waals surface area contributed by atoms with Crippen molar-refractivity contribution in [3.63, 3.8) is 0 Å². The largest absolute Gasteiger partial charge is 0.490 e. The zero-order valence-corrected chi connectivity index (χ0v) is 21.0. The average Bonchev–Trinajstić information content (AvgIpc) is 3.29. The van der Waals surface area contributed by atoms with Crippen molar-refractivity contribution in [3.05, 3.63) is 72.6 Å². The minimum Gasteiger partial charge on any atom is -0.475 e. The first-order valence-electron chi connectivity index (χ1n) is 10.8. The molecular formula is C23H21F3N4O6S2. The Kier molecular flexibility index (Phi) is 8.76. The Hall–Kier alpha value is -3.53. The second kappa shape index (κ2) is 11.5. The highest BCUT2D eigenvalue weighted by atomic mass is 32.2. The molecule has 2 amide bonds. The zero-order valence-electron chi connectivity index (χ0n) is 19.3. The number of amides is 2.